The number of carboxylic acids is 1. The molecule has 0 aromatic carbocycles. The Bertz CT molecular complexity index is 736. The van der Waals surface area contributed by atoms with Crippen molar-refractivity contribution in [2.75, 3.05) is 5.32 Å². The van der Waals surface area contributed by atoms with Gasteiger partial charge < -0.3 is 14.8 Å². The highest BCUT2D eigenvalue weighted by Crippen LogP contribution is 2.18. The topological polar surface area (TPSA) is 122 Å². The molecule has 0 unspecified atom stereocenters. The van der Waals surface area contributed by atoms with Crippen LogP contribution in [0.1, 0.15) is 28.7 Å². The molecule has 0 spiro atoms. The summed E-state index contributed by atoms with van der Waals surface area (Å²) < 4.78 is 5.06. The average Bonchev–Trinajstić information content (AvgIpc) is 3.07. The lowest BCUT2D eigenvalue weighted by Crippen LogP contribution is -2.39. The number of furan rings is 1. The molecule has 0 saturated heterocycles. The summed E-state index contributed by atoms with van der Waals surface area (Å²) in [6, 6.07) is 0.587. The Kier molecular flexibility index (Phi) is 5.12. The van der Waals surface area contributed by atoms with Crippen LogP contribution in [-0.2, 0) is 16.0 Å². The standard InChI is InChI=1S/C14H15N3O5S/c1-7(13(20)21)15-11(18)5-9-6-23-14(16-9)17-12(19)10-3-4-22-8(10)2/h3-4,6-7H,5H2,1-2H3,(H,15,18)(H,20,21)(H,16,17,19)/t7-/m0/s1. The van der Waals surface area contributed by atoms with E-state index in [-0.39, 0.29) is 12.3 Å². The molecule has 2 rings (SSSR count). The summed E-state index contributed by atoms with van der Waals surface area (Å²) >= 11 is 1.18. The number of anilines is 1. The molecular formula is C14H15N3O5S. The zero-order chi connectivity index (χ0) is 17.0. The van der Waals surface area contributed by atoms with Crippen LogP contribution in [0.3, 0.4) is 0 Å². The normalized spacial score (nSPS) is 11.7. The fraction of sp³-hybridized carbons (Fsp3) is 0.286. The molecule has 0 aliphatic rings. The van der Waals surface area contributed by atoms with Gasteiger partial charge in [-0.3, -0.25) is 19.7 Å². The van der Waals surface area contributed by atoms with E-state index in [1.54, 1.807) is 18.4 Å². The number of hydrogen-bond donors (Lipinski definition) is 3. The van der Waals surface area contributed by atoms with Crippen molar-refractivity contribution in [2.24, 2.45) is 0 Å². The third-order valence-corrected chi connectivity index (χ3v) is 3.77. The van der Waals surface area contributed by atoms with E-state index >= 15 is 0 Å². The summed E-state index contributed by atoms with van der Waals surface area (Å²) in [6.07, 6.45) is 1.36. The van der Waals surface area contributed by atoms with Gasteiger partial charge in [-0.2, -0.15) is 0 Å². The van der Waals surface area contributed by atoms with Crippen molar-refractivity contribution < 1.29 is 23.9 Å². The molecule has 1 atom stereocenters. The molecule has 2 aromatic heterocycles. The Labute approximate surface area is 135 Å². The number of aliphatic carboxylic acids is 1. The van der Waals surface area contributed by atoms with Gasteiger partial charge >= 0.3 is 5.97 Å². The van der Waals surface area contributed by atoms with Crippen molar-refractivity contribution in [3.8, 4) is 0 Å². The van der Waals surface area contributed by atoms with Gasteiger partial charge in [0.25, 0.3) is 5.91 Å². The smallest absolute Gasteiger partial charge is 0.325 e. The van der Waals surface area contributed by atoms with Gasteiger partial charge in [-0.25, -0.2) is 4.98 Å². The van der Waals surface area contributed by atoms with Crippen molar-refractivity contribution in [3.63, 3.8) is 0 Å². The monoisotopic (exact) mass is 337 g/mol. The lowest BCUT2D eigenvalue weighted by molar-refractivity contribution is -0.141. The van der Waals surface area contributed by atoms with Crippen LogP contribution in [0, 0.1) is 6.92 Å². The number of hydrogen-bond acceptors (Lipinski definition) is 6. The predicted octanol–water partition coefficient (Wildman–Crippen LogP) is 1.43. The summed E-state index contributed by atoms with van der Waals surface area (Å²) in [7, 11) is 0. The van der Waals surface area contributed by atoms with E-state index in [1.807, 2.05) is 0 Å². The first-order chi connectivity index (χ1) is 10.9. The number of nitrogens with one attached hydrogen (secondary N) is 2. The molecule has 2 amide bonds. The van der Waals surface area contributed by atoms with Crippen molar-refractivity contribution in [1.29, 1.82) is 0 Å². The summed E-state index contributed by atoms with van der Waals surface area (Å²) in [6.45, 7) is 3.05. The van der Waals surface area contributed by atoms with Gasteiger partial charge in [-0.1, -0.05) is 0 Å². The van der Waals surface area contributed by atoms with E-state index in [9.17, 15) is 14.4 Å². The SMILES string of the molecule is Cc1occc1C(=O)Nc1nc(CC(=O)N[C@@H](C)C(=O)O)cs1. The highest BCUT2D eigenvalue weighted by Gasteiger charge is 2.17. The van der Waals surface area contributed by atoms with Crippen LogP contribution in [0.2, 0.25) is 0 Å². The minimum absolute atomic E-state index is 0.0608. The number of carbonyl (C=O) groups excluding carboxylic acids is 2. The Balaban J connectivity index is 1.93. The Morgan fingerprint density at radius 3 is 2.78 bits per heavy atom. The van der Waals surface area contributed by atoms with Crippen LogP contribution in [0.15, 0.2) is 22.1 Å². The molecule has 8 nitrogen and oxygen atoms in total. The highest BCUT2D eigenvalue weighted by molar-refractivity contribution is 7.14. The largest absolute Gasteiger partial charge is 0.480 e. The van der Waals surface area contributed by atoms with Crippen LogP contribution in [0.25, 0.3) is 0 Å². The van der Waals surface area contributed by atoms with Crippen LogP contribution >= 0.6 is 11.3 Å². The van der Waals surface area contributed by atoms with Crippen molar-refractivity contribution in [3.05, 3.63) is 34.7 Å². The summed E-state index contributed by atoms with van der Waals surface area (Å²) in [5, 5.41) is 15.7. The molecular weight excluding hydrogens is 322 g/mol. The van der Waals surface area contributed by atoms with E-state index in [0.717, 1.165) is 0 Å². The molecule has 0 fully saturated rings. The third kappa shape index (κ3) is 4.39. The number of thiazole rings is 1. The molecule has 122 valence electrons. The lowest BCUT2D eigenvalue weighted by Gasteiger charge is -2.07. The second kappa shape index (κ2) is 7.05. The van der Waals surface area contributed by atoms with Crippen molar-refractivity contribution >= 4 is 34.3 Å². The molecule has 0 radical (unpaired) electrons. The molecule has 0 bridgehead atoms. The third-order valence-electron chi connectivity index (χ3n) is 2.97. The zero-order valence-electron chi connectivity index (χ0n) is 12.5. The first kappa shape index (κ1) is 16.7. The first-order valence-electron chi connectivity index (χ1n) is 6.69. The minimum Gasteiger partial charge on any atom is -0.480 e. The molecule has 0 aliphatic carbocycles. The molecule has 0 saturated carbocycles. The second-order valence-electron chi connectivity index (χ2n) is 4.79. The van der Waals surface area contributed by atoms with Gasteiger partial charge in [0.05, 0.1) is 23.9 Å². The minimum atomic E-state index is -1.11. The summed E-state index contributed by atoms with van der Waals surface area (Å²) in [4.78, 5) is 38.5. The maximum absolute atomic E-state index is 12.0. The van der Waals surface area contributed by atoms with Gasteiger partial charge in [0.15, 0.2) is 5.13 Å². The quantitative estimate of drug-likeness (QED) is 0.733. The Hall–Kier alpha value is -2.68. The number of amides is 2. The Morgan fingerprint density at radius 2 is 2.17 bits per heavy atom. The van der Waals surface area contributed by atoms with Crippen LogP contribution < -0.4 is 10.6 Å². The molecule has 2 aromatic rings. The number of carbonyl (C=O) groups is 3. The van der Waals surface area contributed by atoms with E-state index in [4.69, 9.17) is 9.52 Å². The van der Waals surface area contributed by atoms with E-state index in [2.05, 4.69) is 15.6 Å². The van der Waals surface area contributed by atoms with Gasteiger partial charge in [-0.05, 0) is 19.9 Å². The fourth-order valence-corrected chi connectivity index (χ4v) is 2.45. The van der Waals surface area contributed by atoms with Crippen LogP contribution in [0.5, 0.6) is 0 Å². The fourth-order valence-electron chi connectivity index (χ4n) is 1.75. The summed E-state index contributed by atoms with van der Waals surface area (Å²) in [5.41, 5.74) is 0.860. The van der Waals surface area contributed by atoms with Crippen LogP contribution in [-0.4, -0.2) is 33.9 Å². The zero-order valence-corrected chi connectivity index (χ0v) is 13.3. The molecule has 2 heterocycles. The van der Waals surface area contributed by atoms with Gasteiger partial charge in [-0.15, -0.1) is 11.3 Å². The number of aromatic nitrogens is 1. The maximum atomic E-state index is 12.0. The molecule has 9 heteroatoms. The van der Waals surface area contributed by atoms with Crippen molar-refractivity contribution in [1.82, 2.24) is 10.3 Å². The predicted molar refractivity (Wildman–Crippen MR) is 82.5 cm³/mol. The van der Waals surface area contributed by atoms with Gasteiger partial charge in [0.1, 0.15) is 11.8 Å². The summed E-state index contributed by atoms with van der Waals surface area (Å²) in [5.74, 6) is -1.41. The molecule has 0 aliphatic heterocycles. The maximum Gasteiger partial charge on any atom is 0.325 e. The van der Waals surface area contributed by atoms with E-state index < -0.39 is 17.9 Å². The average molecular weight is 337 g/mol. The number of nitrogens with zero attached hydrogens (tertiary/aromatic N) is 1. The lowest BCUT2D eigenvalue weighted by atomic mass is 10.2. The second-order valence-corrected chi connectivity index (χ2v) is 5.65. The number of carboxylic acid groups (broad SMARTS) is 1. The van der Waals surface area contributed by atoms with Crippen molar-refractivity contribution in [2.45, 2.75) is 26.3 Å². The Morgan fingerprint density at radius 1 is 1.43 bits per heavy atom. The number of rotatable bonds is 6. The van der Waals surface area contributed by atoms with Gasteiger partial charge in [0, 0.05) is 5.38 Å². The van der Waals surface area contributed by atoms with Crippen LogP contribution in [0.4, 0.5) is 5.13 Å². The molecule has 3 N–H and O–H groups in total. The van der Waals surface area contributed by atoms with E-state index in [0.29, 0.717) is 22.1 Å². The molecule has 23 heavy (non-hydrogen) atoms. The number of aryl methyl sites for hydroxylation is 1. The highest BCUT2D eigenvalue weighted by atomic mass is 32.1. The van der Waals surface area contributed by atoms with Gasteiger partial charge in [0.2, 0.25) is 5.91 Å². The first-order valence-corrected chi connectivity index (χ1v) is 7.56. The van der Waals surface area contributed by atoms with E-state index in [1.165, 1.54) is 24.5 Å².